The molecule has 0 aliphatic heterocycles. The first-order valence-electron chi connectivity index (χ1n) is 3.03. The van der Waals surface area contributed by atoms with Gasteiger partial charge in [0.1, 0.15) is 0 Å². The van der Waals surface area contributed by atoms with Gasteiger partial charge in [-0.3, -0.25) is 4.79 Å². The number of rotatable bonds is 4. The van der Waals surface area contributed by atoms with E-state index in [2.05, 4.69) is 13.2 Å². The van der Waals surface area contributed by atoms with Crippen LogP contribution in [0.1, 0.15) is 13.3 Å². The predicted octanol–water partition coefficient (Wildman–Crippen LogP) is 1.84. The van der Waals surface area contributed by atoms with Crippen molar-refractivity contribution in [2.45, 2.75) is 13.3 Å². The quantitative estimate of drug-likeness (QED) is 0.605. The summed E-state index contributed by atoms with van der Waals surface area (Å²) < 4.78 is 0. The van der Waals surface area contributed by atoms with Gasteiger partial charge < -0.3 is 5.11 Å². The van der Waals surface area contributed by atoms with Crippen LogP contribution in [0.15, 0.2) is 25.3 Å². The van der Waals surface area contributed by atoms with Crippen LogP contribution in [0, 0.1) is 5.41 Å². The highest BCUT2D eigenvalue weighted by Crippen LogP contribution is 2.23. The minimum absolute atomic E-state index is 0.0556. The summed E-state index contributed by atoms with van der Waals surface area (Å²) in [6.07, 6.45) is 3.24. The monoisotopic (exact) mass is 140 g/mol. The van der Waals surface area contributed by atoms with Crippen molar-refractivity contribution in [1.29, 1.82) is 0 Å². The summed E-state index contributed by atoms with van der Waals surface area (Å²) in [6, 6.07) is 0. The van der Waals surface area contributed by atoms with Crippen molar-refractivity contribution >= 4 is 5.97 Å². The molecule has 0 aromatic heterocycles. The topological polar surface area (TPSA) is 37.3 Å². The average molecular weight is 140 g/mol. The Labute approximate surface area is 60.9 Å². The van der Waals surface area contributed by atoms with E-state index in [0.29, 0.717) is 0 Å². The van der Waals surface area contributed by atoms with Gasteiger partial charge in [-0.2, -0.15) is 0 Å². The second kappa shape index (κ2) is 3.20. The van der Waals surface area contributed by atoms with E-state index in [0.717, 1.165) is 0 Å². The van der Waals surface area contributed by atoms with Crippen LogP contribution in [0.3, 0.4) is 0 Å². The fraction of sp³-hybridized carbons (Fsp3) is 0.375. The molecule has 0 rings (SSSR count). The van der Waals surface area contributed by atoms with Crippen molar-refractivity contribution in [2.24, 2.45) is 5.41 Å². The van der Waals surface area contributed by atoms with Crippen LogP contribution < -0.4 is 0 Å². The van der Waals surface area contributed by atoms with Gasteiger partial charge in [0, 0.05) is 5.41 Å². The van der Waals surface area contributed by atoms with Gasteiger partial charge in [0.25, 0.3) is 0 Å². The number of carbonyl (C=O) groups is 1. The van der Waals surface area contributed by atoms with Gasteiger partial charge >= 0.3 is 5.97 Å². The zero-order valence-electron chi connectivity index (χ0n) is 6.13. The number of hydrogen-bond donors (Lipinski definition) is 1. The number of aliphatic carboxylic acids is 1. The standard InChI is InChI=1S/C8H12O2/c1-4-8(3,5-2)6-7(9)10/h4-5H,1-2,6H2,3H3,(H,9,10). The summed E-state index contributed by atoms with van der Waals surface area (Å²) in [7, 11) is 0. The average Bonchev–Trinajstić information content (AvgIpc) is 1.87. The molecule has 0 fully saturated rings. The van der Waals surface area contributed by atoms with E-state index < -0.39 is 11.4 Å². The zero-order chi connectivity index (χ0) is 8.20. The summed E-state index contributed by atoms with van der Waals surface area (Å²) in [5.41, 5.74) is -0.466. The Balaban J connectivity index is 4.19. The SMILES string of the molecule is C=CC(C)(C=C)CC(=O)O. The lowest BCUT2D eigenvalue weighted by Gasteiger charge is -2.17. The van der Waals surface area contributed by atoms with Gasteiger partial charge in [0.05, 0.1) is 6.42 Å². The van der Waals surface area contributed by atoms with Crippen molar-refractivity contribution in [1.82, 2.24) is 0 Å². The Morgan fingerprint density at radius 3 is 2.10 bits per heavy atom. The minimum Gasteiger partial charge on any atom is -0.481 e. The van der Waals surface area contributed by atoms with Crippen molar-refractivity contribution < 1.29 is 9.90 Å². The molecule has 0 aliphatic carbocycles. The molecule has 0 unspecified atom stereocenters. The molecule has 0 saturated heterocycles. The first-order chi connectivity index (χ1) is 4.54. The maximum Gasteiger partial charge on any atom is 0.304 e. The van der Waals surface area contributed by atoms with Crippen LogP contribution in [0.4, 0.5) is 0 Å². The molecule has 10 heavy (non-hydrogen) atoms. The van der Waals surface area contributed by atoms with E-state index >= 15 is 0 Å². The van der Waals surface area contributed by atoms with Crippen LogP contribution in [0.2, 0.25) is 0 Å². The highest BCUT2D eigenvalue weighted by Gasteiger charge is 2.18. The molecule has 1 N–H and O–H groups in total. The van der Waals surface area contributed by atoms with E-state index in [1.807, 2.05) is 0 Å². The molecule has 0 spiro atoms. The Kier molecular flexibility index (Phi) is 2.87. The summed E-state index contributed by atoms with van der Waals surface area (Å²) in [5.74, 6) is -0.831. The summed E-state index contributed by atoms with van der Waals surface area (Å²) in [5, 5.41) is 8.42. The first kappa shape index (κ1) is 8.95. The number of carboxylic acids is 1. The molecule has 0 bridgehead atoms. The lowest BCUT2D eigenvalue weighted by atomic mass is 9.87. The van der Waals surface area contributed by atoms with Crippen LogP contribution in [-0.2, 0) is 4.79 Å². The Morgan fingerprint density at radius 2 is 2.00 bits per heavy atom. The smallest absolute Gasteiger partial charge is 0.304 e. The maximum atomic E-state index is 10.2. The normalized spacial score (nSPS) is 10.5. The molecular weight excluding hydrogens is 128 g/mol. The molecule has 0 atom stereocenters. The fourth-order valence-corrected chi connectivity index (χ4v) is 0.554. The van der Waals surface area contributed by atoms with E-state index in [4.69, 9.17) is 5.11 Å². The Hall–Kier alpha value is -1.05. The molecule has 0 heterocycles. The van der Waals surface area contributed by atoms with Gasteiger partial charge in [0.15, 0.2) is 0 Å². The van der Waals surface area contributed by atoms with Crippen LogP contribution >= 0.6 is 0 Å². The van der Waals surface area contributed by atoms with E-state index in [9.17, 15) is 4.79 Å². The van der Waals surface area contributed by atoms with Gasteiger partial charge in [0.2, 0.25) is 0 Å². The summed E-state index contributed by atoms with van der Waals surface area (Å²) in [6.45, 7) is 8.82. The molecule has 0 aromatic carbocycles. The van der Waals surface area contributed by atoms with E-state index in [1.165, 1.54) is 0 Å². The molecule has 2 heteroatoms. The molecule has 56 valence electrons. The third kappa shape index (κ3) is 2.49. The highest BCUT2D eigenvalue weighted by atomic mass is 16.4. The van der Waals surface area contributed by atoms with E-state index in [1.54, 1.807) is 19.1 Å². The van der Waals surface area contributed by atoms with Gasteiger partial charge in [-0.25, -0.2) is 0 Å². The number of carboxylic acid groups (broad SMARTS) is 1. The largest absolute Gasteiger partial charge is 0.481 e. The van der Waals surface area contributed by atoms with Gasteiger partial charge in [-0.1, -0.05) is 19.1 Å². The predicted molar refractivity (Wildman–Crippen MR) is 40.8 cm³/mol. The molecule has 0 amide bonds. The molecule has 0 aliphatic rings. The Morgan fingerprint density at radius 1 is 1.60 bits per heavy atom. The van der Waals surface area contributed by atoms with Crippen molar-refractivity contribution in [3.8, 4) is 0 Å². The van der Waals surface area contributed by atoms with Gasteiger partial charge in [-0.15, -0.1) is 13.2 Å². The lowest BCUT2D eigenvalue weighted by molar-refractivity contribution is -0.138. The van der Waals surface area contributed by atoms with Crippen LogP contribution in [-0.4, -0.2) is 11.1 Å². The lowest BCUT2D eigenvalue weighted by Crippen LogP contribution is -2.14. The second-order valence-corrected chi connectivity index (χ2v) is 2.48. The highest BCUT2D eigenvalue weighted by molar-refractivity contribution is 5.68. The van der Waals surface area contributed by atoms with Crippen molar-refractivity contribution in [3.63, 3.8) is 0 Å². The zero-order valence-corrected chi connectivity index (χ0v) is 6.13. The summed E-state index contributed by atoms with van der Waals surface area (Å²) >= 11 is 0. The molecule has 0 aromatic rings. The third-order valence-electron chi connectivity index (χ3n) is 1.46. The third-order valence-corrected chi connectivity index (χ3v) is 1.46. The van der Waals surface area contributed by atoms with Crippen LogP contribution in [0.25, 0.3) is 0 Å². The van der Waals surface area contributed by atoms with E-state index in [-0.39, 0.29) is 6.42 Å². The Bertz CT molecular complexity index is 151. The fourth-order valence-electron chi connectivity index (χ4n) is 0.554. The number of allylic oxidation sites excluding steroid dienone is 2. The second-order valence-electron chi connectivity index (χ2n) is 2.48. The molecule has 0 radical (unpaired) electrons. The van der Waals surface area contributed by atoms with Crippen molar-refractivity contribution in [2.75, 3.05) is 0 Å². The van der Waals surface area contributed by atoms with Gasteiger partial charge in [-0.05, 0) is 0 Å². The first-order valence-corrected chi connectivity index (χ1v) is 3.03. The van der Waals surface area contributed by atoms with Crippen LogP contribution in [0.5, 0.6) is 0 Å². The molecular formula is C8H12O2. The number of hydrogen-bond acceptors (Lipinski definition) is 1. The maximum absolute atomic E-state index is 10.2. The minimum atomic E-state index is -0.831. The van der Waals surface area contributed by atoms with Crippen molar-refractivity contribution in [3.05, 3.63) is 25.3 Å². The summed E-state index contributed by atoms with van der Waals surface area (Å²) in [4.78, 5) is 10.2. The molecule has 0 saturated carbocycles. The molecule has 2 nitrogen and oxygen atoms in total.